The average Bonchev–Trinajstić information content (AvgIpc) is 2.98. The summed E-state index contributed by atoms with van der Waals surface area (Å²) in [6.45, 7) is 1.78. The van der Waals surface area contributed by atoms with Gasteiger partial charge in [0.15, 0.2) is 11.3 Å². The number of hydrogen-bond donors (Lipinski definition) is 1. The Morgan fingerprint density at radius 3 is 2.79 bits per heavy atom. The van der Waals surface area contributed by atoms with Crippen LogP contribution in [0.2, 0.25) is 0 Å². The number of furan rings is 1. The fourth-order valence-corrected chi connectivity index (χ4v) is 2.78. The Kier molecular flexibility index (Phi) is 4.57. The van der Waals surface area contributed by atoms with Crippen molar-refractivity contribution < 1.29 is 18.3 Å². The summed E-state index contributed by atoms with van der Waals surface area (Å²) in [5.41, 5.74) is 0.602. The number of fused-ring (bicyclic) bond motifs is 1. The third kappa shape index (κ3) is 3.14. The number of halogens is 2. The molecule has 0 radical (unpaired) electrons. The minimum atomic E-state index is -0.583. The number of benzene rings is 2. The number of carbonyl (C=O) groups is 1. The van der Waals surface area contributed by atoms with E-state index in [4.69, 9.17) is 9.15 Å². The van der Waals surface area contributed by atoms with Gasteiger partial charge in [-0.15, -0.1) is 0 Å². The van der Waals surface area contributed by atoms with E-state index in [0.717, 1.165) is 5.39 Å². The van der Waals surface area contributed by atoms with E-state index < -0.39 is 17.8 Å². The summed E-state index contributed by atoms with van der Waals surface area (Å²) in [5.74, 6) is 0.108. The number of methoxy groups -OCH3 is 1. The molecule has 0 aliphatic heterocycles. The summed E-state index contributed by atoms with van der Waals surface area (Å²) in [5, 5.41) is 3.62. The second kappa shape index (κ2) is 6.65. The van der Waals surface area contributed by atoms with Crippen molar-refractivity contribution in [2.45, 2.75) is 13.0 Å². The van der Waals surface area contributed by atoms with E-state index in [-0.39, 0.29) is 5.56 Å². The summed E-state index contributed by atoms with van der Waals surface area (Å²) in [7, 11) is 1.57. The Bertz CT molecular complexity index is 906. The summed E-state index contributed by atoms with van der Waals surface area (Å²) >= 11 is 3.17. The predicted molar refractivity (Wildman–Crippen MR) is 92.7 cm³/mol. The molecule has 1 heterocycles. The molecule has 124 valence electrons. The van der Waals surface area contributed by atoms with E-state index in [1.54, 1.807) is 26.2 Å². The van der Waals surface area contributed by atoms with E-state index in [2.05, 4.69) is 21.2 Å². The van der Waals surface area contributed by atoms with Gasteiger partial charge in [-0.2, -0.15) is 0 Å². The van der Waals surface area contributed by atoms with Crippen LogP contribution in [0.4, 0.5) is 4.39 Å². The minimum absolute atomic E-state index is 0.0151. The molecule has 24 heavy (non-hydrogen) atoms. The molecule has 1 aromatic heterocycles. The molecule has 3 aromatic rings. The van der Waals surface area contributed by atoms with Crippen molar-refractivity contribution in [3.05, 3.63) is 64.1 Å². The number of para-hydroxylation sites is 1. The molecule has 4 nitrogen and oxygen atoms in total. The lowest BCUT2D eigenvalue weighted by Gasteiger charge is -2.12. The first-order chi connectivity index (χ1) is 11.5. The van der Waals surface area contributed by atoms with Gasteiger partial charge >= 0.3 is 0 Å². The van der Waals surface area contributed by atoms with E-state index in [1.165, 1.54) is 12.1 Å². The van der Waals surface area contributed by atoms with Crippen LogP contribution in [0.15, 0.2) is 51.4 Å². The molecule has 0 bridgehead atoms. The zero-order valence-electron chi connectivity index (χ0n) is 13.1. The second-order valence-electron chi connectivity index (χ2n) is 5.35. The first-order valence-corrected chi connectivity index (χ1v) is 8.11. The van der Waals surface area contributed by atoms with Gasteiger partial charge in [-0.25, -0.2) is 4.39 Å². The van der Waals surface area contributed by atoms with Crippen LogP contribution in [0, 0.1) is 5.82 Å². The number of amides is 1. The number of carbonyl (C=O) groups excluding carboxylic acids is 1. The highest BCUT2D eigenvalue weighted by Gasteiger charge is 2.19. The standard InChI is InChI=1S/C18H15BrFNO3/c1-10(21-18(22)13-7-6-12(19)9-14(13)20)16-8-11-4-3-5-15(23-2)17(11)24-16/h3-10H,1-2H3,(H,21,22). The van der Waals surface area contributed by atoms with Gasteiger partial charge in [0, 0.05) is 9.86 Å². The molecular formula is C18H15BrFNO3. The van der Waals surface area contributed by atoms with Gasteiger partial charge in [-0.1, -0.05) is 28.1 Å². The van der Waals surface area contributed by atoms with Crippen molar-refractivity contribution in [2.24, 2.45) is 0 Å². The lowest BCUT2D eigenvalue weighted by atomic mass is 10.1. The lowest BCUT2D eigenvalue weighted by molar-refractivity contribution is 0.0931. The van der Waals surface area contributed by atoms with E-state index in [0.29, 0.717) is 21.6 Å². The van der Waals surface area contributed by atoms with Crippen LogP contribution >= 0.6 is 15.9 Å². The fraction of sp³-hybridized carbons (Fsp3) is 0.167. The van der Waals surface area contributed by atoms with Crippen molar-refractivity contribution in [3.63, 3.8) is 0 Å². The van der Waals surface area contributed by atoms with Crippen LogP contribution in [-0.2, 0) is 0 Å². The number of ether oxygens (including phenoxy) is 1. The predicted octanol–water partition coefficient (Wildman–Crippen LogP) is 4.83. The molecule has 0 spiro atoms. The van der Waals surface area contributed by atoms with E-state index in [9.17, 15) is 9.18 Å². The molecule has 0 saturated heterocycles. The highest BCUT2D eigenvalue weighted by molar-refractivity contribution is 9.10. The van der Waals surface area contributed by atoms with Crippen molar-refractivity contribution in [1.29, 1.82) is 0 Å². The summed E-state index contributed by atoms with van der Waals surface area (Å²) in [6, 6.07) is 11.3. The molecule has 1 unspecified atom stereocenters. The number of hydrogen-bond acceptors (Lipinski definition) is 3. The SMILES string of the molecule is COc1cccc2cc(C(C)NC(=O)c3ccc(Br)cc3F)oc12. The Hall–Kier alpha value is -2.34. The van der Waals surface area contributed by atoms with Crippen molar-refractivity contribution in [3.8, 4) is 5.75 Å². The van der Waals surface area contributed by atoms with Crippen LogP contribution in [0.25, 0.3) is 11.0 Å². The van der Waals surface area contributed by atoms with E-state index >= 15 is 0 Å². The molecule has 3 rings (SSSR count). The third-order valence-electron chi connectivity index (χ3n) is 3.70. The van der Waals surface area contributed by atoms with Gasteiger partial charge in [-0.3, -0.25) is 4.79 Å². The van der Waals surface area contributed by atoms with Crippen molar-refractivity contribution in [2.75, 3.05) is 7.11 Å². The van der Waals surface area contributed by atoms with Gasteiger partial charge in [0.05, 0.1) is 18.7 Å². The highest BCUT2D eigenvalue weighted by Crippen LogP contribution is 2.31. The molecule has 1 amide bonds. The lowest BCUT2D eigenvalue weighted by Crippen LogP contribution is -2.27. The fourth-order valence-electron chi connectivity index (χ4n) is 2.45. The van der Waals surface area contributed by atoms with E-state index in [1.807, 2.05) is 18.2 Å². The van der Waals surface area contributed by atoms with Crippen LogP contribution in [0.5, 0.6) is 5.75 Å². The quantitative estimate of drug-likeness (QED) is 0.692. The molecule has 0 aliphatic rings. The van der Waals surface area contributed by atoms with Crippen LogP contribution in [0.3, 0.4) is 0 Å². The topological polar surface area (TPSA) is 51.5 Å². The average molecular weight is 392 g/mol. The zero-order chi connectivity index (χ0) is 17.3. The monoisotopic (exact) mass is 391 g/mol. The van der Waals surface area contributed by atoms with Gasteiger partial charge in [0.2, 0.25) is 0 Å². The van der Waals surface area contributed by atoms with Crippen molar-refractivity contribution in [1.82, 2.24) is 5.32 Å². The van der Waals surface area contributed by atoms with Gasteiger partial charge in [-0.05, 0) is 37.3 Å². The molecule has 6 heteroatoms. The summed E-state index contributed by atoms with van der Waals surface area (Å²) in [6.07, 6.45) is 0. The maximum atomic E-state index is 13.9. The number of rotatable bonds is 4. The molecule has 1 atom stereocenters. The molecule has 0 aliphatic carbocycles. The second-order valence-corrected chi connectivity index (χ2v) is 6.26. The first kappa shape index (κ1) is 16.5. The van der Waals surface area contributed by atoms with Crippen LogP contribution in [0.1, 0.15) is 29.1 Å². The molecular weight excluding hydrogens is 377 g/mol. The normalized spacial score (nSPS) is 12.2. The third-order valence-corrected chi connectivity index (χ3v) is 4.19. The number of nitrogens with one attached hydrogen (secondary N) is 1. The Balaban J connectivity index is 1.84. The van der Waals surface area contributed by atoms with Crippen molar-refractivity contribution >= 4 is 32.8 Å². The first-order valence-electron chi connectivity index (χ1n) is 7.32. The van der Waals surface area contributed by atoms with Gasteiger partial charge in [0.1, 0.15) is 11.6 Å². The maximum Gasteiger partial charge on any atom is 0.254 e. The summed E-state index contributed by atoms with van der Waals surface area (Å²) in [4.78, 5) is 12.3. The van der Waals surface area contributed by atoms with Gasteiger partial charge < -0.3 is 14.5 Å². The molecule has 0 fully saturated rings. The maximum absolute atomic E-state index is 13.9. The van der Waals surface area contributed by atoms with Crippen LogP contribution in [-0.4, -0.2) is 13.0 Å². The highest BCUT2D eigenvalue weighted by atomic mass is 79.9. The van der Waals surface area contributed by atoms with Crippen LogP contribution < -0.4 is 10.1 Å². The molecule has 2 aromatic carbocycles. The Morgan fingerprint density at radius 2 is 2.08 bits per heavy atom. The molecule has 0 saturated carbocycles. The Morgan fingerprint density at radius 1 is 1.29 bits per heavy atom. The minimum Gasteiger partial charge on any atom is -0.493 e. The zero-order valence-corrected chi connectivity index (χ0v) is 14.7. The largest absolute Gasteiger partial charge is 0.493 e. The summed E-state index contributed by atoms with van der Waals surface area (Å²) < 4.78 is 25.5. The smallest absolute Gasteiger partial charge is 0.254 e. The molecule has 1 N–H and O–H groups in total. The van der Waals surface area contributed by atoms with Gasteiger partial charge in [0.25, 0.3) is 5.91 Å². The Labute approximate surface area is 146 Å².